The fourth-order valence-electron chi connectivity index (χ4n) is 8.29. The van der Waals surface area contributed by atoms with Crippen molar-refractivity contribution in [2.75, 3.05) is 0 Å². The third-order valence-corrected chi connectivity index (χ3v) is 10.5. The molecule has 1 aliphatic rings. The van der Waals surface area contributed by atoms with E-state index in [0.29, 0.717) is 0 Å². The zero-order chi connectivity index (χ0) is 34.4. The molecule has 1 heteroatoms. The minimum atomic E-state index is -0.568. The molecule has 0 aliphatic heterocycles. The van der Waals surface area contributed by atoms with Gasteiger partial charge in [-0.25, -0.2) is 0 Å². The molecule has 0 saturated heterocycles. The van der Waals surface area contributed by atoms with E-state index in [1.54, 1.807) is 0 Å². The summed E-state index contributed by atoms with van der Waals surface area (Å²) in [6, 6.07) is 62.0. The molecule has 0 bridgehead atoms. The largest absolute Gasteiger partial charge is 0.309 e. The molecule has 1 aliphatic carbocycles. The number of aromatic nitrogens is 1. The molecule has 242 valence electrons. The highest BCUT2D eigenvalue weighted by molar-refractivity contribution is 6.12. The van der Waals surface area contributed by atoms with E-state index in [1.165, 1.54) is 71.9 Å². The zero-order valence-electron chi connectivity index (χ0n) is 28.6. The van der Waals surface area contributed by atoms with Crippen LogP contribution in [0.5, 0.6) is 0 Å². The van der Waals surface area contributed by atoms with Gasteiger partial charge in [0.15, 0.2) is 0 Å². The maximum absolute atomic E-state index is 4.82. The molecule has 7 aromatic carbocycles. The Balaban J connectivity index is 1.39. The molecule has 0 N–H and O–H groups in total. The van der Waals surface area contributed by atoms with E-state index in [9.17, 15) is 0 Å². The van der Waals surface area contributed by atoms with Crippen molar-refractivity contribution in [3.05, 3.63) is 223 Å². The summed E-state index contributed by atoms with van der Waals surface area (Å²) in [4.78, 5) is 0. The van der Waals surface area contributed by atoms with E-state index in [4.69, 9.17) is 6.58 Å². The predicted octanol–water partition coefficient (Wildman–Crippen LogP) is 13.1. The van der Waals surface area contributed by atoms with Crippen LogP contribution in [-0.2, 0) is 5.41 Å². The Labute approximate surface area is 299 Å². The van der Waals surface area contributed by atoms with Gasteiger partial charge < -0.3 is 4.57 Å². The van der Waals surface area contributed by atoms with Gasteiger partial charge in [0.2, 0.25) is 0 Å². The van der Waals surface area contributed by atoms with Gasteiger partial charge in [0.1, 0.15) is 0 Å². The highest BCUT2D eigenvalue weighted by Gasteiger charge is 2.46. The lowest BCUT2D eigenvalue weighted by Gasteiger charge is -2.34. The fourth-order valence-corrected chi connectivity index (χ4v) is 8.29. The van der Waals surface area contributed by atoms with Gasteiger partial charge in [-0.3, -0.25) is 0 Å². The number of allylic oxidation sites excluding steroid dienone is 5. The lowest BCUT2D eigenvalue weighted by Crippen LogP contribution is -2.28. The minimum absolute atomic E-state index is 0.568. The van der Waals surface area contributed by atoms with Crippen LogP contribution in [0.2, 0.25) is 0 Å². The first kappa shape index (κ1) is 30.6. The van der Waals surface area contributed by atoms with Crippen molar-refractivity contribution in [2.24, 2.45) is 0 Å². The average molecular weight is 652 g/mol. The maximum Gasteiger partial charge on any atom is 0.0708 e. The van der Waals surface area contributed by atoms with Gasteiger partial charge in [0, 0.05) is 16.5 Å². The second-order valence-electron chi connectivity index (χ2n) is 13.3. The van der Waals surface area contributed by atoms with Crippen molar-refractivity contribution in [1.29, 1.82) is 0 Å². The van der Waals surface area contributed by atoms with Crippen LogP contribution in [0.1, 0.15) is 23.6 Å². The van der Waals surface area contributed by atoms with Crippen molar-refractivity contribution in [2.45, 2.75) is 12.3 Å². The molecule has 51 heavy (non-hydrogen) atoms. The van der Waals surface area contributed by atoms with Gasteiger partial charge in [-0.1, -0.05) is 164 Å². The van der Waals surface area contributed by atoms with Crippen LogP contribution in [0.15, 0.2) is 206 Å². The Kier molecular flexibility index (Phi) is 7.48. The Hall–Kier alpha value is -6.44. The van der Waals surface area contributed by atoms with Crippen molar-refractivity contribution in [1.82, 2.24) is 4.57 Å². The van der Waals surface area contributed by atoms with E-state index in [2.05, 4.69) is 199 Å². The number of fused-ring (bicyclic) bond motifs is 6. The lowest BCUT2D eigenvalue weighted by molar-refractivity contribution is 0.771. The smallest absolute Gasteiger partial charge is 0.0708 e. The number of rotatable bonds is 7. The van der Waals surface area contributed by atoms with Crippen molar-refractivity contribution >= 4 is 21.8 Å². The first-order chi connectivity index (χ1) is 25.2. The van der Waals surface area contributed by atoms with Crippen LogP contribution in [0.4, 0.5) is 0 Å². The van der Waals surface area contributed by atoms with E-state index in [0.717, 1.165) is 11.3 Å². The third kappa shape index (κ3) is 4.85. The van der Waals surface area contributed by atoms with E-state index >= 15 is 0 Å². The van der Waals surface area contributed by atoms with Crippen LogP contribution in [0.25, 0.3) is 60.9 Å². The summed E-state index contributed by atoms with van der Waals surface area (Å²) < 4.78 is 2.47. The fraction of sp³-hybridized carbons (Fsp3) is 0.0400. The van der Waals surface area contributed by atoms with Crippen LogP contribution in [0.3, 0.4) is 0 Å². The predicted molar refractivity (Wildman–Crippen MR) is 217 cm³/mol. The second kappa shape index (κ2) is 12.5. The summed E-state index contributed by atoms with van der Waals surface area (Å²) in [7, 11) is 0. The normalized spacial score (nSPS) is 15.2. The summed E-state index contributed by atoms with van der Waals surface area (Å²) in [5, 5.41) is 2.48. The Bertz CT molecular complexity index is 2580. The van der Waals surface area contributed by atoms with E-state index in [1.807, 2.05) is 6.92 Å². The van der Waals surface area contributed by atoms with Gasteiger partial charge in [0.25, 0.3) is 0 Å². The van der Waals surface area contributed by atoms with Crippen LogP contribution in [0, 0.1) is 0 Å². The Morgan fingerprint density at radius 1 is 0.510 bits per heavy atom. The standard InChI is InChI=1S/C50H37N/c1-3-4-8-19-35(2)50(40-24-13-7-14-25-40)46-28-17-15-26-42(46)44-33-45-43-27-16-18-29-48(43)51(49(45)34-47(44)50)41-31-38(36-20-9-5-10-21-36)30-39(32-41)37-22-11-6-12-23-37/h3-34H,2H2,1H3/b4-3-,19-8-. The molecular formula is C50H37N. The highest BCUT2D eigenvalue weighted by Crippen LogP contribution is 2.57. The van der Waals surface area contributed by atoms with Crippen molar-refractivity contribution in [3.8, 4) is 39.1 Å². The molecule has 1 unspecified atom stereocenters. The molecule has 0 fully saturated rings. The van der Waals surface area contributed by atoms with Gasteiger partial charge in [-0.05, 0) is 99.0 Å². The molecule has 1 nitrogen and oxygen atoms in total. The first-order valence-corrected chi connectivity index (χ1v) is 17.7. The average Bonchev–Trinajstić information content (AvgIpc) is 3.68. The molecule has 1 atom stereocenters. The SMILES string of the molecule is C=C(/C=C\C=C/C)C1(c2ccccc2)c2ccccc2-c2cc3c4ccccc4n(-c4cc(-c5ccccc5)cc(-c5ccccc5)c4)c3cc21. The summed E-state index contributed by atoms with van der Waals surface area (Å²) in [5.74, 6) is 0. The van der Waals surface area contributed by atoms with E-state index < -0.39 is 5.41 Å². The van der Waals surface area contributed by atoms with Gasteiger partial charge in [-0.15, -0.1) is 0 Å². The quantitative estimate of drug-likeness (QED) is 0.151. The van der Waals surface area contributed by atoms with Crippen molar-refractivity contribution in [3.63, 3.8) is 0 Å². The summed E-state index contributed by atoms with van der Waals surface area (Å²) in [5.41, 5.74) is 15.0. The summed E-state index contributed by atoms with van der Waals surface area (Å²) in [6.45, 7) is 6.87. The monoisotopic (exact) mass is 651 g/mol. The molecule has 0 amide bonds. The molecule has 0 saturated carbocycles. The minimum Gasteiger partial charge on any atom is -0.309 e. The number of para-hydroxylation sites is 1. The molecule has 0 radical (unpaired) electrons. The number of nitrogens with zero attached hydrogens (tertiary/aromatic N) is 1. The summed E-state index contributed by atoms with van der Waals surface area (Å²) in [6.07, 6.45) is 8.44. The highest BCUT2D eigenvalue weighted by atomic mass is 15.0. The van der Waals surface area contributed by atoms with Gasteiger partial charge in [0.05, 0.1) is 16.4 Å². The third-order valence-electron chi connectivity index (χ3n) is 10.5. The number of benzene rings is 7. The topological polar surface area (TPSA) is 4.93 Å². The lowest BCUT2D eigenvalue weighted by atomic mass is 9.67. The van der Waals surface area contributed by atoms with Crippen molar-refractivity contribution < 1.29 is 0 Å². The molecule has 1 aromatic heterocycles. The van der Waals surface area contributed by atoms with Crippen LogP contribution in [-0.4, -0.2) is 4.57 Å². The van der Waals surface area contributed by atoms with Crippen LogP contribution < -0.4 is 0 Å². The van der Waals surface area contributed by atoms with Gasteiger partial charge in [-0.2, -0.15) is 0 Å². The number of hydrogen-bond donors (Lipinski definition) is 0. The zero-order valence-corrected chi connectivity index (χ0v) is 28.6. The molecular weight excluding hydrogens is 615 g/mol. The molecule has 0 spiro atoms. The Morgan fingerprint density at radius 3 is 1.80 bits per heavy atom. The Morgan fingerprint density at radius 2 is 1.12 bits per heavy atom. The molecule has 1 heterocycles. The number of hydrogen-bond acceptors (Lipinski definition) is 0. The maximum atomic E-state index is 4.82. The second-order valence-corrected chi connectivity index (χ2v) is 13.3. The summed E-state index contributed by atoms with van der Waals surface area (Å²) >= 11 is 0. The van der Waals surface area contributed by atoms with Crippen LogP contribution >= 0.6 is 0 Å². The van der Waals surface area contributed by atoms with E-state index in [-0.39, 0.29) is 0 Å². The molecule has 8 aromatic rings. The first-order valence-electron chi connectivity index (χ1n) is 17.7. The van der Waals surface area contributed by atoms with Gasteiger partial charge >= 0.3 is 0 Å². The molecule has 9 rings (SSSR count).